The summed E-state index contributed by atoms with van der Waals surface area (Å²) in [7, 11) is 0. The molecular formula is C30H40N6O4S. The Morgan fingerprint density at radius 2 is 1.98 bits per heavy atom. The van der Waals surface area contributed by atoms with Crippen LogP contribution in [0.5, 0.6) is 0 Å². The Labute approximate surface area is 245 Å². The SMILES string of the molecule is Cc1ncsc1-c1ccc([C@H](C)NC(=O)[C@@H]2C[C@@H](O)CN2C(=O)[C@H](c2cc(N3CCNC[C@H]3C)no2)C(C)C)cc1. The lowest BCUT2D eigenvalue weighted by atomic mass is 9.91. The summed E-state index contributed by atoms with van der Waals surface area (Å²) in [6, 6.07) is 9.14. The largest absolute Gasteiger partial charge is 0.391 e. The molecule has 0 aliphatic carbocycles. The number of carbonyl (C=O) groups is 2. The lowest BCUT2D eigenvalue weighted by Gasteiger charge is -2.33. The van der Waals surface area contributed by atoms with Crippen molar-refractivity contribution in [1.29, 1.82) is 0 Å². The second kappa shape index (κ2) is 12.3. The molecule has 3 aromatic rings. The van der Waals surface area contributed by atoms with Crippen molar-refractivity contribution in [2.45, 2.75) is 71.2 Å². The van der Waals surface area contributed by atoms with Gasteiger partial charge in [0.25, 0.3) is 0 Å². The lowest BCUT2D eigenvalue weighted by molar-refractivity contribution is -0.141. The molecule has 2 aliphatic heterocycles. The Hall–Kier alpha value is -3.28. The molecule has 2 amide bonds. The molecule has 5 rings (SSSR count). The quantitative estimate of drug-likeness (QED) is 0.370. The van der Waals surface area contributed by atoms with Crippen LogP contribution in [0, 0.1) is 12.8 Å². The number of hydrogen-bond acceptors (Lipinski definition) is 9. The van der Waals surface area contributed by atoms with E-state index in [0.29, 0.717) is 11.6 Å². The minimum absolute atomic E-state index is 0.0928. The van der Waals surface area contributed by atoms with E-state index in [1.165, 1.54) is 4.90 Å². The van der Waals surface area contributed by atoms with Gasteiger partial charge in [-0.05, 0) is 37.8 Å². The van der Waals surface area contributed by atoms with E-state index < -0.39 is 18.1 Å². The fraction of sp³-hybridized carbons (Fsp3) is 0.533. The summed E-state index contributed by atoms with van der Waals surface area (Å²) >= 11 is 1.60. The van der Waals surface area contributed by atoms with Crippen molar-refractivity contribution in [2.24, 2.45) is 5.92 Å². The second-order valence-electron chi connectivity index (χ2n) is 11.6. The number of nitrogens with zero attached hydrogens (tertiary/aromatic N) is 4. The fourth-order valence-corrected chi connectivity index (χ4v) is 6.67. The number of benzene rings is 1. The van der Waals surface area contributed by atoms with Gasteiger partial charge in [-0.25, -0.2) is 4.98 Å². The number of piperazine rings is 1. The van der Waals surface area contributed by atoms with Gasteiger partial charge in [-0.15, -0.1) is 11.3 Å². The first kappa shape index (κ1) is 29.2. The first-order chi connectivity index (χ1) is 19.6. The highest BCUT2D eigenvalue weighted by atomic mass is 32.1. The van der Waals surface area contributed by atoms with Gasteiger partial charge in [0.1, 0.15) is 12.0 Å². The van der Waals surface area contributed by atoms with Crippen LogP contribution >= 0.6 is 11.3 Å². The molecule has 2 saturated heterocycles. The van der Waals surface area contributed by atoms with Gasteiger partial charge in [0.2, 0.25) is 11.8 Å². The molecule has 3 N–H and O–H groups in total. The molecule has 41 heavy (non-hydrogen) atoms. The van der Waals surface area contributed by atoms with E-state index in [1.54, 1.807) is 11.3 Å². The predicted molar refractivity (Wildman–Crippen MR) is 159 cm³/mol. The number of aliphatic hydroxyl groups excluding tert-OH is 1. The maximum atomic E-state index is 14.0. The molecule has 0 unspecified atom stereocenters. The van der Waals surface area contributed by atoms with Crippen LogP contribution in [-0.2, 0) is 9.59 Å². The van der Waals surface area contributed by atoms with Crippen molar-refractivity contribution in [3.8, 4) is 10.4 Å². The van der Waals surface area contributed by atoms with Crippen LogP contribution in [0.15, 0.2) is 40.4 Å². The van der Waals surface area contributed by atoms with Crippen LogP contribution in [0.3, 0.4) is 0 Å². The third-order valence-corrected chi connectivity index (χ3v) is 9.17. The Morgan fingerprint density at radius 3 is 2.63 bits per heavy atom. The molecular weight excluding hydrogens is 540 g/mol. The van der Waals surface area contributed by atoms with Gasteiger partial charge in [0.15, 0.2) is 11.6 Å². The predicted octanol–water partition coefficient (Wildman–Crippen LogP) is 3.48. The monoisotopic (exact) mass is 580 g/mol. The Morgan fingerprint density at radius 1 is 1.22 bits per heavy atom. The van der Waals surface area contributed by atoms with Crippen LogP contribution in [0.2, 0.25) is 0 Å². The molecule has 0 saturated carbocycles. The fourth-order valence-electron chi connectivity index (χ4n) is 5.86. The number of amides is 2. The van der Waals surface area contributed by atoms with Crippen molar-refractivity contribution in [3.63, 3.8) is 0 Å². The highest BCUT2D eigenvalue weighted by Crippen LogP contribution is 2.33. The van der Waals surface area contributed by atoms with Crippen molar-refractivity contribution in [3.05, 3.63) is 52.9 Å². The number of carbonyl (C=O) groups excluding carboxylic acids is 2. The van der Waals surface area contributed by atoms with Crippen molar-refractivity contribution in [2.75, 3.05) is 31.1 Å². The third-order valence-electron chi connectivity index (χ3n) is 8.19. The third kappa shape index (κ3) is 6.17. The minimum atomic E-state index is -0.772. The molecule has 2 aliphatic rings. The van der Waals surface area contributed by atoms with Crippen LogP contribution in [0.1, 0.15) is 63.1 Å². The summed E-state index contributed by atoms with van der Waals surface area (Å²) in [6.07, 6.45) is -0.578. The molecule has 0 bridgehead atoms. The number of aliphatic hydroxyl groups is 1. The van der Waals surface area contributed by atoms with Gasteiger partial charge in [0, 0.05) is 44.7 Å². The molecule has 11 heteroatoms. The van der Waals surface area contributed by atoms with Crippen LogP contribution in [0.25, 0.3) is 10.4 Å². The summed E-state index contributed by atoms with van der Waals surface area (Å²) in [6.45, 7) is 12.6. The smallest absolute Gasteiger partial charge is 0.243 e. The number of aromatic nitrogens is 2. The summed E-state index contributed by atoms with van der Waals surface area (Å²) in [5, 5.41) is 21.3. The number of anilines is 1. The molecule has 5 atom stereocenters. The van der Waals surface area contributed by atoms with Gasteiger partial charge in [-0.1, -0.05) is 43.3 Å². The van der Waals surface area contributed by atoms with E-state index in [2.05, 4.69) is 32.6 Å². The lowest BCUT2D eigenvalue weighted by Crippen LogP contribution is -2.50. The standard InChI is InChI=1S/C30H40N6O4S/c1-17(2)27(25-13-26(34-40-25)35-11-10-31-14-18(35)3)30(39)36-15-23(37)12-24(36)29(38)33-19(4)21-6-8-22(9-7-21)28-20(5)32-16-41-28/h6-9,13,16-19,23-24,27,31,37H,10-12,14-15H2,1-5H3,(H,33,38)/t18-,19+,23-,24+,27+/m1/s1. The Kier molecular flexibility index (Phi) is 8.77. The first-order valence-corrected chi connectivity index (χ1v) is 15.2. The van der Waals surface area contributed by atoms with Gasteiger partial charge >= 0.3 is 0 Å². The minimum Gasteiger partial charge on any atom is -0.391 e. The van der Waals surface area contributed by atoms with E-state index in [4.69, 9.17) is 4.52 Å². The molecule has 0 spiro atoms. The second-order valence-corrected chi connectivity index (χ2v) is 12.4. The topological polar surface area (TPSA) is 124 Å². The number of likely N-dealkylation sites (tertiary alicyclic amines) is 1. The zero-order valence-electron chi connectivity index (χ0n) is 24.3. The van der Waals surface area contributed by atoms with E-state index >= 15 is 0 Å². The van der Waals surface area contributed by atoms with E-state index in [0.717, 1.165) is 41.3 Å². The molecule has 1 aromatic carbocycles. The van der Waals surface area contributed by atoms with Gasteiger partial charge in [-0.2, -0.15) is 0 Å². The zero-order chi connectivity index (χ0) is 29.3. The van der Waals surface area contributed by atoms with Crippen LogP contribution in [0.4, 0.5) is 5.82 Å². The van der Waals surface area contributed by atoms with Crippen LogP contribution in [-0.4, -0.2) is 76.3 Å². The normalized spacial score (nSPS) is 22.7. The summed E-state index contributed by atoms with van der Waals surface area (Å²) in [4.78, 5) is 36.6. The Balaban J connectivity index is 1.29. The highest BCUT2D eigenvalue weighted by Gasteiger charge is 2.43. The van der Waals surface area contributed by atoms with Crippen LogP contribution < -0.4 is 15.5 Å². The average molecular weight is 581 g/mol. The van der Waals surface area contributed by atoms with Gasteiger partial charge in [0.05, 0.1) is 28.2 Å². The van der Waals surface area contributed by atoms with E-state index in [9.17, 15) is 14.7 Å². The molecule has 220 valence electrons. The summed E-state index contributed by atoms with van der Waals surface area (Å²) in [5.74, 6) is -0.0191. The van der Waals surface area contributed by atoms with Crippen molar-refractivity contribution in [1.82, 2.24) is 25.7 Å². The Bertz CT molecular complexity index is 1350. The van der Waals surface area contributed by atoms with Crippen molar-refractivity contribution < 1.29 is 19.2 Å². The maximum absolute atomic E-state index is 14.0. The summed E-state index contributed by atoms with van der Waals surface area (Å²) in [5.41, 5.74) is 4.87. The molecule has 2 aromatic heterocycles. The molecule has 0 radical (unpaired) electrons. The maximum Gasteiger partial charge on any atom is 0.243 e. The number of thiazole rings is 1. The first-order valence-electron chi connectivity index (χ1n) is 14.4. The molecule has 4 heterocycles. The number of aryl methyl sites for hydroxylation is 1. The zero-order valence-corrected chi connectivity index (χ0v) is 25.1. The van der Waals surface area contributed by atoms with Gasteiger partial charge in [-0.3, -0.25) is 9.59 Å². The number of hydrogen-bond donors (Lipinski definition) is 3. The number of β-amino-alcohol motifs (C(OH)–C–C–N with tert-alkyl or cyclic N) is 1. The average Bonchev–Trinajstić information content (AvgIpc) is 3.69. The summed E-state index contributed by atoms with van der Waals surface area (Å²) < 4.78 is 5.73. The van der Waals surface area contributed by atoms with Gasteiger partial charge < -0.3 is 30.1 Å². The molecule has 2 fully saturated rings. The van der Waals surface area contributed by atoms with E-state index in [1.807, 2.05) is 63.5 Å². The van der Waals surface area contributed by atoms with Crippen molar-refractivity contribution >= 4 is 29.0 Å². The number of rotatable bonds is 8. The number of nitrogens with one attached hydrogen (secondary N) is 2. The molecule has 10 nitrogen and oxygen atoms in total. The highest BCUT2D eigenvalue weighted by molar-refractivity contribution is 7.13. The van der Waals surface area contributed by atoms with E-state index in [-0.39, 0.29) is 42.8 Å².